The highest BCUT2D eigenvalue weighted by atomic mass is 79.9. The molecule has 13 heavy (non-hydrogen) atoms. The van der Waals surface area contributed by atoms with Gasteiger partial charge < -0.3 is 14.4 Å². The molecule has 0 unspecified atom stereocenters. The van der Waals surface area contributed by atoms with Gasteiger partial charge in [0.25, 0.3) is 0 Å². The molecule has 0 radical (unpaired) electrons. The molecule has 0 heterocycles. The zero-order valence-corrected chi connectivity index (χ0v) is 10.2. The normalized spacial score (nSPS) is 11.1. The standard InChI is InChI=1S/C9H20BrNO2/c1-11(6-4-10)5-3-7-13-9-8-12-2/h3-9H2,1-2H3. The Kier molecular flexibility index (Phi) is 10.7. The lowest BCUT2D eigenvalue weighted by molar-refractivity contribution is 0.0665. The number of nitrogens with zero attached hydrogens (tertiary/aromatic N) is 1. The largest absolute Gasteiger partial charge is 0.382 e. The number of methoxy groups -OCH3 is 1. The second kappa shape index (κ2) is 10.4. The highest BCUT2D eigenvalue weighted by molar-refractivity contribution is 9.09. The molecule has 0 saturated carbocycles. The van der Waals surface area contributed by atoms with Crippen LogP contribution in [-0.2, 0) is 9.47 Å². The summed E-state index contributed by atoms with van der Waals surface area (Å²) in [4.78, 5) is 2.29. The average Bonchev–Trinajstić information content (AvgIpc) is 2.11. The molecule has 0 spiro atoms. The van der Waals surface area contributed by atoms with Crippen molar-refractivity contribution in [2.45, 2.75) is 6.42 Å². The fraction of sp³-hybridized carbons (Fsp3) is 1.00. The van der Waals surface area contributed by atoms with Gasteiger partial charge in [0.15, 0.2) is 0 Å². The van der Waals surface area contributed by atoms with E-state index in [1.165, 1.54) is 0 Å². The highest BCUT2D eigenvalue weighted by Crippen LogP contribution is 1.90. The number of halogens is 1. The van der Waals surface area contributed by atoms with Gasteiger partial charge in [-0.25, -0.2) is 0 Å². The van der Waals surface area contributed by atoms with Crippen LogP contribution in [0.25, 0.3) is 0 Å². The van der Waals surface area contributed by atoms with Crippen LogP contribution in [0.2, 0.25) is 0 Å². The highest BCUT2D eigenvalue weighted by Gasteiger charge is 1.95. The molecule has 0 amide bonds. The second-order valence-corrected chi connectivity index (χ2v) is 3.74. The Morgan fingerprint density at radius 3 is 2.54 bits per heavy atom. The molecule has 3 nitrogen and oxygen atoms in total. The van der Waals surface area contributed by atoms with Gasteiger partial charge in [-0.15, -0.1) is 0 Å². The summed E-state index contributed by atoms with van der Waals surface area (Å²) >= 11 is 3.40. The molecule has 0 fully saturated rings. The molecule has 0 rings (SSSR count). The molecule has 0 aliphatic rings. The van der Waals surface area contributed by atoms with Crippen LogP contribution >= 0.6 is 15.9 Å². The Bertz CT molecular complexity index is 104. The summed E-state index contributed by atoms with van der Waals surface area (Å²) in [5, 5.41) is 1.04. The molecular weight excluding hydrogens is 234 g/mol. The van der Waals surface area contributed by atoms with E-state index in [4.69, 9.17) is 9.47 Å². The van der Waals surface area contributed by atoms with Gasteiger partial charge in [-0.05, 0) is 13.5 Å². The molecule has 0 aromatic rings. The molecule has 0 bridgehead atoms. The van der Waals surface area contributed by atoms with Crippen LogP contribution in [-0.4, -0.2) is 57.3 Å². The van der Waals surface area contributed by atoms with E-state index in [0.29, 0.717) is 13.2 Å². The van der Waals surface area contributed by atoms with Crippen molar-refractivity contribution in [3.8, 4) is 0 Å². The van der Waals surface area contributed by atoms with Gasteiger partial charge in [0.2, 0.25) is 0 Å². The van der Waals surface area contributed by atoms with E-state index in [9.17, 15) is 0 Å². The monoisotopic (exact) mass is 253 g/mol. The van der Waals surface area contributed by atoms with Crippen LogP contribution in [0.3, 0.4) is 0 Å². The summed E-state index contributed by atoms with van der Waals surface area (Å²) in [6.07, 6.45) is 1.09. The van der Waals surface area contributed by atoms with Crippen molar-refractivity contribution in [2.75, 3.05) is 52.4 Å². The van der Waals surface area contributed by atoms with E-state index in [1.807, 2.05) is 0 Å². The first-order chi connectivity index (χ1) is 6.31. The fourth-order valence-corrected chi connectivity index (χ4v) is 1.54. The molecule has 0 aromatic heterocycles. The van der Waals surface area contributed by atoms with Gasteiger partial charge in [0, 0.05) is 32.1 Å². The van der Waals surface area contributed by atoms with Gasteiger partial charge in [0.1, 0.15) is 0 Å². The smallest absolute Gasteiger partial charge is 0.0700 e. The van der Waals surface area contributed by atoms with E-state index in [2.05, 4.69) is 27.9 Å². The van der Waals surface area contributed by atoms with Crippen molar-refractivity contribution >= 4 is 15.9 Å². The van der Waals surface area contributed by atoms with Crippen LogP contribution in [0.4, 0.5) is 0 Å². The van der Waals surface area contributed by atoms with E-state index in [0.717, 1.165) is 31.4 Å². The van der Waals surface area contributed by atoms with E-state index >= 15 is 0 Å². The van der Waals surface area contributed by atoms with Gasteiger partial charge in [-0.1, -0.05) is 15.9 Å². The minimum absolute atomic E-state index is 0.692. The molecule has 0 atom stereocenters. The Hall–Kier alpha value is 0.360. The maximum Gasteiger partial charge on any atom is 0.0700 e. The van der Waals surface area contributed by atoms with Crippen molar-refractivity contribution in [1.29, 1.82) is 0 Å². The summed E-state index contributed by atoms with van der Waals surface area (Å²) in [5.41, 5.74) is 0. The molecule has 0 aliphatic heterocycles. The quantitative estimate of drug-likeness (QED) is 0.458. The number of hydrogen-bond donors (Lipinski definition) is 0. The Morgan fingerprint density at radius 1 is 1.15 bits per heavy atom. The van der Waals surface area contributed by atoms with Crippen molar-refractivity contribution in [1.82, 2.24) is 4.90 Å². The molecule has 0 N–H and O–H groups in total. The van der Waals surface area contributed by atoms with Crippen LogP contribution in [0.1, 0.15) is 6.42 Å². The first kappa shape index (κ1) is 13.4. The van der Waals surface area contributed by atoms with Crippen molar-refractivity contribution < 1.29 is 9.47 Å². The topological polar surface area (TPSA) is 21.7 Å². The third kappa shape index (κ3) is 10.3. The van der Waals surface area contributed by atoms with Crippen LogP contribution in [0, 0.1) is 0 Å². The maximum atomic E-state index is 5.34. The fourth-order valence-electron chi connectivity index (χ4n) is 0.937. The third-order valence-electron chi connectivity index (χ3n) is 1.73. The average molecular weight is 254 g/mol. The summed E-state index contributed by atoms with van der Waals surface area (Å²) < 4.78 is 10.2. The lowest BCUT2D eigenvalue weighted by Crippen LogP contribution is -2.22. The molecule has 80 valence electrons. The Balaban J connectivity index is 2.97. The summed E-state index contributed by atoms with van der Waals surface area (Å²) in [5.74, 6) is 0. The molecule has 0 aliphatic carbocycles. The summed E-state index contributed by atoms with van der Waals surface area (Å²) in [6, 6.07) is 0. The number of hydrogen-bond acceptors (Lipinski definition) is 3. The predicted octanol–water partition coefficient (Wildman–Crippen LogP) is 1.37. The summed E-state index contributed by atoms with van der Waals surface area (Å²) in [6.45, 7) is 4.42. The van der Waals surface area contributed by atoms with E-state index < -0.39 is 0 Å². The predicted molar refractivity (Wildman–Crippen MR) is 58.6 cm³/mol. The zero-order chi connectivity index (χ0) is 9.94. The Labute approximate surface area is 89.5 Å². The van der Waals surface area contributed by atoms with Gasteiger partial charge in [-0.3, -0.25) is 0 Å². The molecule has 0 saturated heterocycles. The van der Waals surface area contributed by atoms with Gasteiger partial charge in [-0.2, -0.15) is 0 Å². The van der Waals surface area contributed by atoms with E-state index in [-0.39, 0.29) is 0 Å². The molecule has 4 heteroatoms. The van der Waals surface area contributed by atoms with Crippen molar-refractivity contribution in [3.63, 3.8) is 0 Å². The lowest BCUT2D eigenvalue weighted by Gasteiger charge is -2.14. The van der Waals surface area contributed by atoms with E-state index in [1.54, 1.807) is 7.11 Å². The number of alkyl halides is 1. The van der Waals surface area contributed by atoms with Crippen LogP contribution in [0.15, 0.2) is 0 Å². The number of ether oxygens (including phenoxy) is 2. The molecule has 0 aromatic carbocycles. The Morgan fingerprint density at radius 2 is 1.92 bits per heavy atom. The minimum atomic E-state index is 0.692. The lowest BCUT2D eigenvalue weighted by atomic mass is 10.4. The van der Waals surface area contributed by atoms with Gasteiger partial charge in [0.05, 0.1) is 13.2 Å². The van der Waals surface area contributed by atoms with Crippen molar-refractivity contribution in [3.05, 3.63) is 0 Å². The minimum Gasteiger partial charge on any atom is -0.382 e. The first-order valence-corrected chi connectivity index (χ1v) is 5.74. The zero-order valence-electron chi connectivity index (χ0n) is 8.59. The van der Waals surface area contributed by atoms with Crippen molar-refractivity contribution in [2.24, 2.45) is 0 Å². The van der Waals surface area contributed by atoms with Crippen LogP contribution in [0.5, 0.6) is 0 Å². The van der Waals surface area contributed by atoms with Gasteiger partial charge >= 0.3 is 0 Å². The number of rotatable bonds is 9. The third-order valence-corrected chi connectivity index (χ3v) is 2.08. The second-order valence-electron chi connectivity index (χ2n) is 2.95. The SMILES string of the molecule is COCCOCCCN(C)CCBr. The molecular formula is C9H20BrNO2. The maximum absolute atomic E-state index is 5.34. The first-order valence-electron chi connectivity index (χ1n) is 4.62. The summed E-state index contributed by atoms with van der Waals surface area (Å²) in [7, 11) is 3.81. The van der Waals surface area contributed by atoms with Crippen LogP contribution < -0.4 is 0 Å².